The molecule has 7 heteroatoms. The molecule has 28 heavy (non-hydrogen) atoms. The van der Waals surface area contributed by atoms with Crippen LogP contribution in [0.5, 0.6) is 0 Å². The maximum Gasteiger partial charge on any atom is 0.257 e. The molecule has 0 saturated carbocycles. The van der Waals surface area contributed by atoms with Gasteiger partial charge < -0.3 is 10.6 Å². The summed E-state index contributed by atoms with van der Waals surface area (Å²) in [5.41, 5.74) is 2.06. The third kappa shape index (κ3) is 4.77. The number of benzene rings is 2. The van der Waals surface area contributed by atoms with Crippen molar-refractivity contribution in [3.8, 4) is 6.07 Å². The summed E-state index contributed by atoms with van der Waals surface area (Å²) in [4.78, 5) is 28.7. The van der Waals surface area contributed by atoms with Crippen LogP contribution >= 0.6 is 0 Å². The van der Waals surface area contributed by atoms with Gasteiger partial charge in [-0.3, -0.25) is 14.6 Å². The van der Waals surface area contributed by atoms with Crippen molar-refractivity contribution >= 4 is 17.5 Å². The fourth-order valence-electron chi connectivity index (χ4n) is 2.44. The molecule has 0 aliphatic carbocycles. The highest BCUT2D eigenvalue weighted by Gasteiger charge is 2.12. The number of carbonyl (C=O) groups excluding carboxylic acids is 2. The Kier molecular flexibility index (Phi) is 5.72. The second kappa shape index (κ2) is 8.56. The first kappa shape index (κ1) is 18.7. The number of amides is 2. The molecule has 1 heterocycles. The molecule has 3 aromatic rings. The molecular weight excluding hydrogens is 359 g/mol. The summed E-state index contributed by atoms with van der Waals surface area (Å²) in [6, 6.07) is 15.7. The molecule has 1 aromatic heterocycles. The van der Waals surface area contributed by atoms with Gasteiger partial charge in [-0.15, -0.1) is 0 Å². The molecule has 138 valence electrons. The van der Waals surface area contributed by atoms with Crippen molar-refractivity contribution in [2.75, 3.05) is 5.32 Å². The fourth-order valence-corrected chi connectivity index (χ4v) is 2.44. The number of aromatic nitrogens is 1. The average Bonchev–Trinajstić information content (AvgIpc) is 2.73. The van der Waals surface area contributed by atoms with Crippen LogP contribution in [-0.2, 0) is 6.54 Å². The van der Waals surface area contributed by atoms with E-state index in [-0.39, 0.29) is 23.5 Å². The lowest BCUT2D eigenvalue weighted by atomic mass is 10.1. The van der Waals surface area contributed by atoms with E-state index in [1.54, 1.807) is 36.4 Å². The minimum Gasteiger partial charge on any atom is -0.348 e. The zero-order valence-electron chi connectivity index (χ0n) is 14.6. The Labute approximate surface area is 160 Å². The van der Waals surface area contributed by atoms with Crippen LogP contribution in [-0.4, -0.2) is 16.8 Å². The molecule has 6 nitrogen and oxygen atoms in total. The van der Waals surface area contributed by atoms with Crippen molar-refractivity contribution in [1.29, 1.82) is 5.26 Å². The lowest BCUT2D eigenvalue weighted by Gasteiger charge is -2.08. The van der Waals surface area contributed by atoms with Gasteiger partial charge in [0.15, 0.2) is 0 Å². The molecular formula is C21H15FN4O2. The number of nitrogens with zero attached hydrogens (tertiary/aromatic N) is 2. The van der Waals surface area contributed by atoms with Crippen molar-refractivity contribution in [1.82, 2.24) is 10.3 Å². The SMILES string of the molecule is N#Cc1cccc(NC(=O)c2cncc(C(=O)NCc3ccc(F)cc3)c2)c1. The molecule has 2 aromatic carbocycles. The number of hydrogen-bond acceptors (Lipinski definition) is 4. The highest BCUT2D eigenvalue weighted by molar-refractivity contribution is 6.05. The zero-order chi connectivity index (χ0) is 19.9. The Hall–Kier alpha value is -4.05. The summed E-state index contributed by atoms with van der Waals surface area (Å²) in [6.07, 6.45) is 2.70. The molecule has 0 spiro atoms. The van der Waals surface area contributed by atoms with Gasteiger partial charge in [0, 0.05) is 24.6 Å². The molecule has 0 radical (unpaired) electrons. The fraction of sp³-hybridized carbons (Fsp3) is 0.0476. The zero-order valence-corrected chi connectivity index (χ0v) is 14.6. The Morgan fingerprint density at radius 2 is 1.71 bits per heavy atom. The van der Waals surface area contributed by atoms with E-state index in [0.29, 0.717) is 11.3 Å². The van der Waals surface area contributed by atoms with E-state index in [9.17, 15) is 14.0 Å². The van der Waals surface area contributed by atoms with Crippen molar-refractivity contribution in [3.63, 3.8) is 0 Å². The molecule has 0 bridgehead atoms. The summed E-state index contributed by atoms with van der Waals surface area (Å²) in [7, 11) is 0. The lowest BCUT2D eigenvalue weighted by Crippen LogP contribution is -2.23. The summed E-state index contributed by atoms with van der Waals surface area (Å²) in [5, 5.41) is 14.3. The van der Waals surface area contributed by atoms with Crippen LogP contribution in [0.25, 0.3) is 0 Å². The van der Waals surface area contributed by atoms with Gasteiger partial charge in [-0.25, -0.2) is 4.39 Å². The maximum absolute atomic E-state index is 12.9. The molecule has 2 amide bonds. The first-order valence-corrected chi connectivity index (χ1v) is 8.34. The largest absolute Gasteiger partial charge is 0.348 e. The van der Waals surface area contributed by atoms with Crippen LogP contribution in [0.15, 0.2) is 67.0 Å². The molecule has 2 N–H and O–H groups in total. The van der Waals surface area contributed by atoms with Gasteiger partial charge in [-0.2, -0.15) is 5.26 Å². The number of halogens is 1. The summed E-state index contributed by atoms with van der Waals surface area (Å²) >= 11 is 0. The Morgan fingerprint density at radius 3 is 2.43 bits per heavy atom. The first-order chi connectivity index (χ1) is 13.5. The monoisotopic (exact) mass is 374 g/mol. The molecule has 0 aliphatic heterocycles. The van der Waals surface area contributed by atoms with E-state index in [4.69, 9.17) is 5.26 Å². The second-order valence-corrected chi connectivity index (χ2v) is 5.92. The van der Waals surface area contributed by atoms with Gasteiger partial charge in [0.05, 0.1) is 22.8 Å². The van der Waals surface area contributed by atoms with Crippen LogP contribution in [0.4, 0.5) is 10.1 Å². The lowest BCUT2D eigenvalue weighted by molar-refractivity contribution is 0.0950. The number of nitriles is 1. The molecule has 0 fully saturated rings. The van der Waals surface area contributed by atoms with Gasteiger partial charge in [-0.1, -0.05) is 18.2 Å². The van der Waals surface area contributed by atoms with Crippen molar-refractivity contribution in [2.24, 2.45) is 0 Å². The number of anilines is 1. The van der Waals surface area contributed by atoms with Gasteiger partial charge in [0.25, 0.3) is 11.8 Å². The van der Waals surface area contributed by atoms with Crippen molar-refractivity contribution < 1.29 is 14.0 Å². The Bertz CT molecular complexity index is 1060. The highest BCUT2D eigenvalue weighted by atomic mass is 19.1. The number of carbonyl (C=O) groups is 2. The minimum absolute atomic E-state index is 0.205. The van der Waals surface area contributed by atoms with Crippen molar-refractivity contribution in [2.45, 2.75) is 6.54 Å². The van der Waals surface area contributed by atoms with E-state index in [1.807, 2.05) is 6.07 Å². The smallest absolute Gasteiger partial charge is 0.257 e. The van der Waals surface area contributed by atoms with Crippen LogP contribution in [0.1, 0.15) is 31.8 Å². The van der Waals surface area contributed by atoms with Crippen LogP contribution in [0.2, 0.25) is 0 Å². The molecule has 0 aliphatic rings. The normalized spacial score (nSPS) is 10.0. The van der Waals surface area contributed by atoms with E-state index >= 15 is 0 Å². The van der Waals surface area contributed by atoms with Gasteiger partial charge in [0.2, 0.25) is 0 Å². The Morgan fingerprint density at radius 1 is 1.00 bits per heavy atom. The van der Waals surface area contributed by atoms with Crippen LogP contribution in [0.3, 0.4) is 0 Å². The molecule has 0 saturated heterocycles. The maximum atomic E-state index is 12.9. The second-order valence-electron chi connectivity index (χ2n) is 5.92. The third-order valence-electron chi connectivity index (χ3n) is 3.88. The topological polar surface area (TPSA) is 94.9 Å². The first-order valence-electron chi connectivity index (χ1n) is 8.34. The minimum atomic E-state index is -0.448. The molecule has 0 atom stereocenters. The molecule has 0 unspecified atom stereocenters. The van der Waals surface area contributed by atoms with Gasteiger partial charge >= 0.3 is 0 Å². The number of pyridine rings is 1. The number of rotatable bonds is 5. The summed E-state index contributed by atoms with van der Waals surface area (Å²) in [5.74, 6) is -1.20. The van der Waals surface area contributed by atoms with E-state index in [2.05, 4.69) is 15.6 Å². The standard InChI is InChI=1S/C21H15FN4O2/c22-18-6-4-14(5-7-18)11-25-20(27)16-9-17(13-24-12-16)21(28)26-19-3-1-2-15(8-19)10-23/h1-9,12-13H,11H2,(H,25,27)(H,26,28). The quantitative estimate of drug-likeness (QED) is 0.716. The van der Waals surface area contributed by atoms with Crippen LogP contribution < -0.4 is 10.6 Å². The molecule has 3 rings (SSSR count). The van der Waals surface area contributed by atoms with Gasteiger partial charge in [0.1, 0.15) is 5.82 Å². The Balaban J connectivity index is 1.66. The number of nitrogens with one attached hydrogen (secondary N) is 2. The third-order valence-corrected chi connectivity index (χ3v) is 3.88. The summed E-state index contributed by atoms with van der Waals surface area (Å²) < 4.78 is 12.9. The van der Waals surface area contributed by atoms with Crippen LogP contribution in [0, 0.1) is 17.1 Å². The van der Waals surface area contributed by atoms with E-state index < -0.39 is 11.8 Å². The van der Waals surface area contributed by atoms with E-state index in [1.165, 1.54) is 30.6 Å². The predicted octanol–water partition coefficient (Wildman–Crippen LogP) is 3.27. The van der Waals surface area contributed by atoms with Crippen molar-refractivity contribution in [3.05, 3.63) is 95.1 Å². The van der Waals surface area contributed by atoms with E-state index in [0.717, 1.165) is 5.56 Å². The highest BCUT2D eigenvalue weighted by Crippen LogP contribution is 2.12. The average molecular weight is 374 g/mol. The van der Waals surface area contributed by atoms with Gasteiger partial charge in [-0.05, 0) is 42.0 Å². The predicted molar refractivity (Wildman–Crippen MR) is 101 cm³/mol. The summed E-state index contributed by atoms with van der Waals surface area (Å²) in [6.45, 7) is 0.219. The number of hydrogen-bond donors (Lipinski definition) is 2.